The van der Waals surface area contributed by atoms with Gasteiger partial charge in [0.1, 0.15) is 6.04 Å². The number of methoxy groups -OCH3 is 2. The smallest absolute Gasteiger partial charge is 0.337 e. The van der Waals surface area contributed by atoms with Crippen molar-refractivity contribution >= 4 is 29.4 Å². The van der Waals surface area contributed by atoms with Gasteiger partial charge in [0.15, 0.2) is 0 Å². The third kappa shape index (κ3) is 4.83. The van der Waals surface area contributed by atoms with Crippen LogP contribution in [0.2, 0.25) is 5.02 Å². The summed E-state index contributed by atoms with van der Waals surface area (Å²) in [6, 6.07) is 12.1. The Morgan fingerprint density at radius 3 is 2.35 bits per heavy atom. The average molecular weight is 376 g/mol. The fourth-order valence-electron chi connectivity index (χ4n) is 2.37. The largest absolute Gasteiger partial charge is 0.467 e. The average Bonchev–Trinajstić information content (AvgIpc) is 2.67. The summed E-state index contributed by atoms with van der Waals surface area (Å²) in [5.74, 6) is -1.67. The molecule has 0 aliphatic heterocycles. The van der Waals surface area contributed by atoms with Crippen molar-refractivity contribution in [2.45, 2.75) is 12.5 Å². The van der Waals surface area contributed by atoms with Crippen molar-refractivity contribution in [1.82, 2.24) is 5.32 Å². The van der Waals surface area contributed by atoms with E-state index >= 15 is 0 Å². The van der Waals surface area contributed by atoms with Crippen LogP contribution in [0.3, 0.4) is 0 Å². The van der Waals surface area contributed by atoms with Crippen LogP contribution in [0.5, 0.6) is 0 Å². The van der Waals surface area contributed by atoms with E-state index in [1.54, 1.807) is 30.3 Å². The molecule has 0 aliphatic rings. The zero-order valence-electron chi connectivity index (χ0n) is 14.3. The van der Waals surface area contributed by atoms with Crippen molar-refractivity contribution in [3.63, 3.8) is 0 Å². The molecule has 7 heteroatoms. The van der Waals surface area contributed by atoms with E-state index in [-0.39, 0.29) is 17.5 Å². The molecule has 0 fully saturated rings. The molecule has 0 saturated carbocycles. The molecule has 136 valence electrons. The Balaban J connectivity index is 2.20. The first-order chi connectivity index (χ1) is 12.5. The number of hydrogen-bond donors (Lipinski definition) is 1. The number of esters is 2. The van der Waals surface area contributed by atoms with Gasteiger partial charge in [-0.05, 0) is 29.8 Å². The van der Waals surface area contributed by atoms with E-state index in [0.717, 1.165) is 0 Å². The van der Waals surface area contributed by atoms with E-state index in [1.807, 2.05) is 0 Å². The van der Waals surface area contributed by atoms with Gasteiger partial charge in [0, 0.05) is 17.0 Å². The lowest BCUT2D eigenvalue weighted by Gasteiger charge is -2.17. The Morgan fingerprint density at radius 1 is 1.00 bits per heavy atom. The number of halogens is 1. The van der Waals surface area contributed by atoms with E-state index in [4.69, 9.17) is 16.3 Å². The topological polar surface area (TPSA) is 81.7 Å². The lowest BCUT2D eigenvalue weighted by atomic mass is 10.0. The molecule has 1 atom stereocenters. The Kier molecular flexibility index (Phi) is 6.74. The van der Waals surface area contributed by atoms with E-state index in [9.17, 15) is 14.4 Å². The number of rotatable bonds is 6. The van der Waals surface area contributed by atoms with Crippen LogP contribution < -0.4 is 5.32 Å². The van der Waals surface area contributed by atoms with Gasteiger partial charge in [-0.15, -0.1) is 0 Å². The number of carbonyl (C=O) groups excluding carboxylic acids is 3. The quantitative estimate of drug-likeness (QED) is 0.785. The Hall–Kier alpha value is -2.86. The summed E-state index contributed by atoms with van der Waals surface area (Å²) in [6.07, 6.45) is 0.175. The molecule has 2 aromatic carbocycles. The van der Waals surface area contributed by atoms with Crippen LogP contribution in [0, 0.1) is 0 Å². The van der Waals surface area contributed by atoms with Gasteiger partial charge in [0.05, 0.1) is 19.8 Å². The second-order valence-electron chi connectivity index (χ2n) is 5.42. The molecule has 0 radical (unpaired) electrons. The molecule has 0 spiro atoms. The normalized spacial score (nSPS) is 11.3. The summed E-state index contributed by atoms with van der Waals surface area (Å²) >= 11 is 6.13. The zero-order chi connectivity index (χ0) is 19.1. The minimum Gasteiger partial charge on any atom is -0.467 e. The maximum Gasteiger partial charge on any atom is 0.337 e. The second kappa shape index (κ2) is 9.01. The predicted octanol–water partition coefficient (Wildman–Crippen LogP) is 2.64. The summed E-state index contributed by atoms with van der Waals surface area (Å²) in [5, 5.41) is 3.11. The van der Waals surface area contributed by atoms with Crippen LogP contribution in [-0.4, -0.2) is 38.1 Å². The molecule has 0 aromatic heterocycles. The summed E-state index contributed by atoms with van der Waals surface area (Å²) in [7, 11) is 2.50. The molecule has 1 N–H and O–H groups in total. The molecule has 0 bridgehead atoms. The maximum absolute atomic E-state index is 12.5. The monoisotopic (exact) mass is 375 g/mol. The molecule has 0 saturated heterocycles. The molecule has 0 heterocycles. The van der Waals surface area contributed by atoms with Gasteiger partial charge >= 0.3 is 11.9 Å². The van der Waals surface area contributed by atoms with Crippen molar-refractivity contribution < 1.29 is 23.9 Å². The van der Waals surface area contributed by atoms with Crippen LogP contribution in [0.25, 0.3) is 0 Å². The van der Waals surface area contributed by atoms with Gasteiger partial charge < -0.3 is 14.8 Å². The number of nitrogens with one attached hydrogen (secondary N) is 1. The molecular formula is C19H18ClNO5. The molecule has 6 nitrogen and oxygen atoms in total. The van der Waals surface area contributed by atoms with E-state index in [0.29, 0.717) is 10.6 Å². The first-order valence-electron chi connectivity index (χ1n) is 7.76. The lowest BCUT2D eigenvalue weighted by molar-refractivity contribution is -0.142. The zero-order valence-corrected chi connectivity index (χ0v) is 15.1. The standard InChI is InChI=1S/C19H18ClNO5/c1-25-18(23)14-8-5-7-13(10-14)17(22)21-16(19(24)26-2)11-12-6-3-4-9-15(12)20/h3-10,16H,11H2,1-2H3,(H,21,22)/t16-/m1/s1. The van der Waals surface area contributed by atoms with Crippen LogP contribution in [0.4, 0.5) is 0 Å². The SMILES string of the molecule is COC(=O)c1cccc(C(=O)N[C@H](Cc2ccccc2Cl)C(=O)OC)c1. The van der Waals surface area contributed by atoms with Crippen molar-refractivity contribution in [3.8, 4) is 0 Å². The van der Waals surface area contributed by atoms with Gasteiger partial charge in [-0.1, -0.05) is 35.9 Å². The van der Waals surface area contributed by atoms with Crippen molar-refractivity contribution in [2.75, 3.05) is 14.2 Å². The van der Waals surface area contributed by atoms with E-state index in [1.165, 1.54) is 32.4 Å². The van der Waals surface area contributed by atoms with Crippen molar-refractivity contribution in [2.24, 2.45) is 0 Å². The van der Waals surface area contributed by atoms with Crippen LogP contribution in [0.15, 0.2) is 48.5 Å². The number of carbonyl (C=O) groups is 3. The van der Waals surface area contributed by atoms with Crippen LogP contribution in [-0.2, 0) is 20.7 Å². The first kappa shape index (κ1) is 19.5. The van der Waals surface area contributed by atoms with Gasteiger partial charge in [-0.3, -0.25) is 4.79 Å². The summed E-state index contributed by atoms with van der Waals surface area (Å²) in [4.78, 5) is 36.2. The fourth-order valence-corrected chi connectivity index (χ4v) is 2.58. The minimum absolute atomic E-state index is 0.175. The number of amides is 1. The van der Waals surface area contributed by atoms with Gasteiger partial charge in [0.25, 0.3) is 5.91 Å². The number of ether oxygens (including phenoxy) is 2. The molecule has 0 unspecified atom stereocenters. The summed E-state index contributed by atoms with van der Waals surface area (Å²) in [5.41, 5.74) is 1.16. The van der Waals surface area contributed by atoms with Crippen molar-refractivity contribution in [3.05, 3.63) is 70.2 Å². The number of benzene rings is 2. The van der Waals surface area contributed by atoms with Crippen molar-refractivity contribution in [1.29, 1.82) is 0 Å². The van der Waals surface area contributed by atoms with Gasteiger partial charge in [-0.2, -0.15) is 0 Å². The molecular weight excluding hydrogens is 358 g/mol. The Bertz CT molecular complexity index is 821. The highest BCUT2D eigenvalue weighted by atomic mass is 35.5. The molecule has 26 heavy (non-hydrogen) atoms. The molecule has 2 aromatic rings. The maximum atomic E-state index is 12.5. The van der Waals surface area contributed by atoms with Gasteiger partial charge in [0.2, 0.25) is 0 Å². The second-order valence-corrected chi connectivity index (χ2v) is 5.82. The lowest BCUT2D eigenvalue weighted by Crippen LogP contribution is -2.43. The number of hydrogen-bond acceptors (Lipinski definition) is 5. The summed E-state index contributed by atoms with van der Waals surface area (Å²) in [6.45, 7) is 0. The summed E-state index contributed by atoms with van der Waals surface area (Å²) < 4.78 is 9.41. The fraction of sp³-hybridized carbons (Fsp3) is 0.211. The molecule has 2 rings (SSSR count). The molecule has 1 amide bonds. The third-order valence-corrected chi connectivity index (χ3v) is 4.09. The van der Waals surface area contributed by atoms with E-state index < -0.39 is 23.9 Å². The van der Waals surface area contributed by atoms with Crippen LogP contribution >= 0.6 is 11.6 Å². The third-order valence-electron chi connectivity index (χ3n) is 3.72. The Labute approximate surface area is 156 Å². The molecule has 0 aliphatic carbocycles. The van der Waals surface area contributed by atoms with E-state index in [2.05, 4.69) is 10.1 Å². The highest BCUT2D eigenvalue weighted by Crippen LogP contribution is 2.17. The Morgan fingerprint density at radius 2 is 1.69 bits per heavy atom. The predicted molar refractivity (Wildman–Crippen MR) is 96.2 cm³/mol. The first-order valence-corrected chi connectivity index (χ1v) is 8.14. The minimum atomic E-state index is -0.922. The van der Waals surface area contributed by atoms with Crippen LogP contribution in [0.1, 0.15) is 26.3 Å². The van der Waals surface area contributed by atoms with Gasteiger partial charge in [-0.25, -0.2) is 9.59 Å². The highest BCUT2D eigenvalue weighted by molar-refractivity contribution is 6.31. The highest BCUT2D eigenvalue weighted by Gasteiger charge is 2.24.